The third kappa shape index (κ3) is 8.74. The van der Waals surface area contributed by atoms with Crippen LogP contribution in [0.1, 0.15) is 65.8 Å². The van der Waals surface area contributed by atoms with Gasteiger partial charge in [-0.3, -0.25) is 0 Å². The van der Waals surface area contributed by atoms with E-state index in [9.17, 15) is 49.3 Å². The standard InChI is InChI=1S/C84H57B2N5S/c1-9-30-58(31-10-1)68-46-29-47-69(59-32-11-2-12-33-59)84(68)91-76-57-80-73(86-71-49-26-28-51-75(71)90(65-44-23-8-24-45-65)79-54-67(55-81(92-80)83(79)86)88(62-38-17-5-18-39-62)63-40-19-6-20-41-63)56-72(76)85-70-48-25-27-50-74(70)89(64-42-21-7-22-43-64)77-52-66(53-78(91)82(77)85)87(60-34-13-3-14-35-60)61-36-15-4-16-37-61/h1-57H/i1D,2D,3D,4D,5D,6D,7D,8D,9D,10D,11D,12D,13D,14D,15D,16D,17D,18D,19D,20D,21D,22D,23D,24D,25D,26D,27D,28D,30D,31D,32D,33D,34D,35D,36D,37D,38D,39D,40D,41D,42D,43D,44D,45D,48D,49D,50D,51D. The van der Waals surface area contributed by atoms with Gasteiger partial charge in [0.1, 0.15) is 0 Å². The Labute approximate surface area is 609 Å². The summed E-state index contributed by atoms with van der Waals surface area (Å²) in [5, 5.41) is 0. The summed E-state index contributed by atoms with van der Waals surface area (Å²) in [5.41, 5.74) is -17.6. The molecule has 4 aliphatic rings. The average molecular weight is 1240 g/mol. The summed E-state index contributed by atoms with van der Waals surface area (Å²) in [7, 11) is 0. The van der Waals surface area contributed by atoms with Gasteiger partial charge in [-0.1, -0.05) is 247 Å². The molecule has 5 nitrogen and oxygen atoms in total. The van der Waals surface area contributed by atoms with Gasteiger partial charge >= 0.3 is 0 Å². The number of fused-ring (bicyclic) bond motifs is 8. The lowest BCUT2D eigenvalue weighted by atomic mass is 9.31. The summed E-state index contributed by atoms with van der Waals surface area (Å²) in [4.78, 5) is 3.40. The topological polar surface area (TPSA) is 16.2 Å². The van der Waals surface area contributed by atoms with Crippen molar-refractivity contribution in [3.8, 4) is 22.3 Å². The molecule has 18 rings (SSSR count). The number of rotatable bonds is 11. The van der Waals surface area contributed by atoms with Crippen LogP contribution in [-0.2, 0) is 0 Å². The number of benzene rings is 14. The van der Waals surface area contributed by atoms with Gasteiger partial charge in [0.25, 0.3) is 6.71 Å². The Hall–Kier alpha value is -11.4. The van der Waals surface area contributed by atoms with E-state index < -0.39 is 427 Å². The Kier molecular flexibility index (Phi) is 5.82. The maximum atomic E-state index is 10.6. The molecule has 0 bridgehead atoms. The highest BCUT2D eigenvalue weighted by Gasteiger charge is 2.48. The molecule has 4 aliphatic heterocycles. The summed E-state index contributed by atoms with van der Waals surface area (Å²) in [6.07, 6.45) is 0. The molecule has 8 heteroatoms. The van der Waals surface area contributed by atoms with Crippen LogP contribution in [0, 0.1) is 0 Å². The van der Waals surface area contributed by atoms with Crippen LogP contribution in [0.5, 0.6) is 0 Å². The predicted molar refractivity (Wildman–Crippen MR) is 391 cm³/mol. The molecule has 0 atom stereocenters. The van der Waals surface area contributed by atoms with Crippen molar-refractivity contribution in [2.24, 2.45) is 0 Å². The van der Waals surface area contributed by atoms with Gasteiger partial charge in [-0.25, -0.2) is 0 Å². The average Bonchev–Trinajstić information content (AvgIpc) is 0.671. The Balaban J connectivity index is 1.13. The van der Waals surface area contributed by atoms with Crippen molar-refractivity contribution in [3.05, 3.63) is 345 Å². The molecule has 0 aliphatic carbocycles. The SMILES string of the molecule is [2H]c1c([2H])c([2H])c(-c2cccc(-c3c([2H])c([2H])c([2H])c([2H])c3[2H])c2N2c3cc4c(cc3B3c5c2cc(N(c2c([2H])c([2H])c([2H])c([2H])c2[2H])c2c([2H])c([2H])c([2H])c([2H])c2[2H])cc5N(c2c([2H])c([2H])c([2H])c([2H])c2[2H])c2c([2H])c([2H])c([2H])c([2H])c23)B2c3c(cc(N(c5c([2H])c([2H])c([2H])c([2H])c5[2H])c5c([2H])c([2H])c([2H])c([2H])c5[2H])cc3N(c3c([2H])c([2H])c([2H])c([2H])c3[2H])c3c([2H])c([2H])c([2H])c([2H])c32)S4)c([2H])c1[2H]. The van der Waals surface area contributed by atoms with Crippen molar-refractivity contribution in [1.29, 1.82) is 0 Å². The zero-order chi connectivity index (χ0) is 102. The van der Waals surface area contributed by atoms with Gasteiger partial charge in [0, 0.05) is 94.9 Å². The Morgan fingerprint density at radius 1 is 0.283 bits per heavy atom. The minimum atomic E-state index is -2.12. The molecule has 0 radical (unpaired) electrons. The van der Waals surface area contributed by atoms with Crippen LogP contribution >= 0.6 is 11.8 Å². The van der Waals surface area contributed by atoms with E-state index in [1.165, 1.54) is 18.2 Å². The van der Waals surface area contributed by atoms with Gasteiger partial charge in [-0.15, -0.1) is 0 Å². The van der Waals surface area contributed by atoms with Gasteiger partial charge < -0.3 is 24.5 Å². The Morgan fingerprint density at radius 2 is 0.652 bits per heavy atom. The summed E-state index contributed by atoms with van der Waals surface area (Å²) in [5.74, 6) is 0. The Morgan fingerprint density at radius 3 is 1.11 bits per heavy atom. The molecule has 4 heterocycles. The van der Waals surface area contributed by atoms with Crippen LogP contribution in [0.3, 0.4) is 0 Å². The fourth-order valence-electron chi connectivity index (χ4n) is 12.4. The van der Waals surface area contributed by atoms with Crippen molar-refractivity contribution in [3.63, 3.8) is 0 Å². The molecular weight excluding hydrogens is 1130 g/mol. The zero-order valence-corrected chi connectivity index (χ0v) is 47.3. The first-order chi connectivity index (χ1) is 65.6. The first-order valence-corrected chi connectivity index (χ1v) is 28.5. The van der Waals surface area contributed by atoms with Crippen molar-refractivity contribution >= 4 is 143 Å². The van der Waals surface area contributed by atoms with Crippen LogP contribution in [0.15, 0.2) is 354 Å². The predicted octanol–water partition coefficient (Wildman–Crippen LogP) is 18.8. The molecular formula is C84H57B2N5S. The number of nitrogens with zero attached hydrogens (tertiary/aromatic N) is 5. The van der Waals surface area contributed by atoms with Crippen molar-refractivity contribution in [1.82, 2.24) is 0 Å². The third-order valence-corrected chi connectivity index (χ3v) is 16.9. The van der Waals surface area contributed by atoms with Crippen LogP contribution in [0.2, 0.25) is 0 Å². The van der Waals surface area contributed by atoms with Crippen LogP contribution in [-0.4, -0.2) is 13.4 Å². The Bertz CT molecular complexity index is 7700. The summed E-state index contributed by atoms with van der Waals surface area (Å²) in [6, 6.07) is -42.3. The number of hydrogen-bond acceptors (Lipinski definition) is 6. The van der Waals surface area contributed by atoms with E-state index in [0.717, 1.165) is 51.1 Å². The minimum absolute atomic E-state index is 0.217. The summed E-state index contributed by atoms with van der Waals surface area (Å²) < 4.78 is 457. The first kappa shape index (κ1) is 24.1. The first-order valence-electron chi connectivity index (χ1n) is 51.7. The molecule has 0 saturated heterocycles. The maximum Gasteiger partial charge on any atom is 0.252 e. The smallest absolute Gasteiger partial charge is 0.252 e. The highest BCUT2D eigenvalue weighted by atomic mass is 32.2. The van der Waals surface area contributed by atoms with Gasteiger partial charge in [0.15, 0.2) is 0 Å². The van der Waals surface area contributed by atoms with Crippen LogP contribution < -0.4 is 57.3 Å². The van der Waals surface area contributed by atoms with E-state index in [-0.39, 0.29) is 26.2 Å². The normalized spacial score (nSPS) is 20.2. The molecule has 0 saturated carbocycles. The second-order valence-corrected chi connectivity index (χ2v) is 21.5. The zero-order valence-electron chi connectivity index (χ0n) is 94.5. The van der Waals surface area contributed by atoms with Crippen LogP contribution in [0.4, 0.5) is 85.3 Å². The molecule has 14 aromatic rings. The van der Waals surface area contributed by atoms with Crippen molar-refractivity contribution in [2.75, 3.05) is 24.5 Å². The molecule has 92 heavy (non-hydrogen) atoms. The van der Waals surface area contributed by atoms with Gasteiger partial charge in [0.2, 0.25) is 6.71 Å². The third-order valence-electron chi connectivity index (χ3n) is 15.8. The lowest BCUT2D eigenvalue weighted by Gasteiger charge is -2.46. The van der Waals surface area contributed by atoms with E-state index in [1.807, 2.05) is 0 Å². The monoisotopic (exact) mass is 1240 g/mol. The quantitative estimate of drug-likeness (QED) is 0.119. The highest BCUT2D eigenvalue weighted by Crippen LogP contribution is 2.54. The number of hydrogen-bond donors (Lipinski definition) is 0. The van der Waals surface area contributed by atoms with Crippen molar-refractivity contribution < 1.29 is 65.8 Å². The van der Waals surface area contributed by atoms with Gasteiger partial charge in [-0.05, 0) is 153 Å². The molecule has 0 amide bonds. The van der Waals surface area contributed by atoms with E-state index in [0.29, 0.717) is 21.6 Å². The highest BCUT2D eigenvalue weighted by molar-refractivity contribution is 8.00. The second-order valence-electron chi connectivity index (χ2n) is 20.4. The van der Waals surface area contributed by atoms with Crippen LogP contribution in [0.25, 0.3) is 22.3 Å². The molecule has 0 spiro atoms. The maximum absolute atomic E-state index is 10.6. The molecule has 430 valence electrons. The molecule has 14 aromatic carbocycles. The minimum Gasteiger partial charge on any atom is -0.311 e. The lowest BCUT2D eigenvalue weighted by molar-refractivity contribution is 1.22. The molecule has 0 fully saturated rings. The molecule has 0 N–H and O–H groups in total. The number of anilines is 15. The molecule has 0 aromatic heterocycles. The lowest BCUT2D eigenvalue weighted by Crippen LogP contribution is -2.64. The fourth-order valence-corrected chi connectivity index (χ4v) is 13.6. The van der Waals surface area contributed by atoms with E-state index >= 15 is 0 Å². The van der Waals surface area contributed by atoms with E-state index in [4.69, 9.17) is 16.4 Å². The van der Waals surface area contributed by atoms with Gasteiger partial charge in [0.05, 0.1) is 77.2 Å². The van der Waals surface area contributed by atoms with E-state index in [1.54, 1.807) is 0 Å². The summed E-state index contributed by atoms with van der Waals surface area (Å²) >= 11 is 0.586. The molecule has 0 unspecified atom stereocenters. The van der Waals surface area contributed by atoms with E-state index in [2.05, 4.69) is 0 Å². The largest absolute Gasteiger partial charge is 0.311 e. The second kappa shape index (κ2) is 22.2. The fraction of sp³-hybridized carbons (Fsp3) is 0. The number of para-hydroxylation sites is 9. The summed E-state index contributed by atoms with van der Waals surface area (Å²) in [6.45, 7) is -4.07. The van der Waals surface area contributed by atoms with Crippen molar-refractivity contribution in [2.45, 2.75) is 9.79 Å². The van der Waals surface area contributed by atoms with Gasteiger partial charge in [-0.2, -0.15) is 0 Å².